The summed E-state index contributed by atoms with van der Waals surface area (Å²) in [6.07, 6.45) is 0. The molecule has 0 atom stereocenters. The molecule has 4 rings (SSSR count). The van der Waals surface area contributed by atoms with Gasteiger partial charge >= 0.3 is 5.97 Å². The minimum Gasteiger partial charge on any atom is -0.478 e. The van der Waals surface area contributed by atoms with Crippen molar-refractivity contribution in [2.75, 3.05) is 5.73 Å². The van der Waals surface area contributed by atoms with Crippen molar-refractivity contribution >= 4 is 22.4 Å². The van der Waals surface area contributed by atoms with Crippen molar-refractivity contribution in [3.8, 4) is 22.3 Å². The van der Waals surface area contributed by atoms with Crippen LogP contribution in [-0.2, 0) is 0 Å². The Labute approximate surface area is 120 Å². The van der Waals surface area contributed by atoms with Crippen molar-refractivity contribution in [1.29, 1.82) is 0 Å². The Balaban J connectivity index is 0.00000132. The molecule has 0 unspecified atom stereocenters. The number of aromatic carboxylic acids is 1. The van der Waals surface area contributed by atoms with E-state index in [0.717, 1.165) is 33.0 Å². The Hall–Kier alpha value is -2.85. The highest BCUT2D eigenvalue weighted by Gasteiger charge is 2.24. The molecule has 0 bridgehead atoms. The molecule has 0 heterocycles. The van der Waals surface area contributed by atoms with Crippen LogP contribution in [0.3, 0.4) is 0 Å². The first-order valence-electron chi connectivity index (χ1n) is 6.37. The van der Waals surface area contributed by atoms with Crippen LogP contribution in [0.1, 0.15) is 10.4 Å². The lowest BCUT2D eigenvalue weighted by atomic mass is 9.98. The van der Waals surface area contributed by atoms with Gasteiger partial charge in [-0.15, -0.1) is 0 Å². The van der Waals surface area contributed by atoms with E-state index in [1.165, 1.54) is 0 Å². The minimum atomic E-state index is -0.990. The molecule has 0 aromatic heterocycles. The minimum absolute atomic E-state index is 0. The van der Waals surface area contributed by atoms with Gasteiger partial charge in [0.25, 0.3) is 0 Å². The van der Waals surface area contributed by atoms with Crippen LogP contribution in [0.2, 0.25) is 0 Å². The van der Waals surface area contributed by atoms with Gasteiger partial charge in [0, 0.05) is 5.39 Å². The van der Waals surface area contributed by atoms with Crippen molar-refractivity contribution in [3.05, 3.63) is 54.1 Å². The lowest BCUT2D eigenvalue weighted by Crippen LogP contribution is -2.03. The van der Waals surface area contributed by atoms with Crippen LogP contribution < -0.4 is 5.73 Å². The molecule has 0 aliphatic heterocycles. The summed E-state index contributed by atoms with van der Waals surface area (Å²) < 4.78 is 0. The molecule has 21 heavy (non-hydrogen) atoms. The van der Waals surface area contributed by atoms with Gasteiger partial charge in [0.1, 0.15) is 0 Å². The molecule has 1 aliphatic rings. The zero-order chi connectivity index (χ0) is 13.9. The smallest absolute Gasteiger partial charge is 0.337 e. The van der Waals surface area contributed by atoms with E-state index < -0.39 is 5.97 Å². The van der Waals surface area contributed by atoms with E-state index in [2.05, 4.69) is 12.1 Å². The van der Waals surface area contributed by atoms with Crippen molar-refractivity contribution in [2.45, 2.75) is 0 Å². The number of benzene rings is 3. The Morgan fingerprint density at radius 1 is 0.905 bits per heavy atom. The molecule has 0 fully saturated rings. The van der Waals surface area contributed by atoms with Crippen LogP contribution >= 0.6 is 0 Å². The first kappa shape index (κ1) is 13.1. The topological polar surface area (TPSA) is 94.8 Å². The van der Waals surface area contributed by atoms with Crippen LogP contribution in [0.25, 0.3) is 33.0 Å². The van der Waals surface area contributed by atoms with Crippen molar-refractivity contribution in [3.63, 3.8) is 0 Å². The normalized spacial score (nSPS) is 11.0. The lowest BCUT2D eigenvalue weighted by molar-refractivity contribution is 0.0698. The number of fused-ring (bicyclic) bond motifs is 3. The largest absolute Gasteiger partial charge is 0.478 e. The standard InChI is InChI=1S/C17H11NO2.H2O/c18-16-12-7-3-6-11-9-4-1-2-5-10(9)13(15(11)12)8-14(16)17(19)20;/h1-8H,18H2,(H,19,20);1H2. The number of hydrogen-bond donors (Lipinski definition) is 2. The van der Waals surface area contributed by atoms with Crippen molar-refractivity contribution < 1.29 is 15.4 Å². The average Bonchev–Trinajstić information content (AvgIpc) is 2.78. The second-order valence-electron chi connectivity index (χ2n) is 4.96. The van der Waals surface area contributed by atoms with Gasteiger partial charge in [0.05, 0.1) is 11.3 Å². The maximum Gasteiger partial charge on any atom is 0.337 e. The zero-order valence-corrected chi connectivity index (χ0v) is 11.1. The molecular weight excluding hydrogens is 266 g/mol. The Morgan fingerprint density at radius 3 is 2.19 bits per heavy atom. The number of nitrogen functional groups attached to an aromatic ring is 1. The third kappa shape index (κ3) is 1.57. The molecule has 3 aromatic carbocycles. The molecule has 5 N–H and O–H groups in total. The van der Waals surface area contributed by atoms with Crippen LogP contribution in [0.4, 0.5) is 5.69 Å². The molecule has 0 saturated heterocycles. The monoisotopic (exact) mass is 279 g/mol. The number of carboxylic acids is 1. The van der Waals surface area contributed by atoms with Gasteiger partial charge in [-0.1, -0.05) is 42.5 Å². The van der Waals surface area contributed by atoms with E-state index in [9.17, 15) is 9.90 Å². The molecule has 0 spiro atoms. The first-order valence-corrected chi connectivity index (χ1v) is 6.37. The Bertz CT molecular complexity index is 900. The molecule has 3 aromatic rings. The average molecular weight is 279 g/mol. The number of carbonyl (C=O) groups is 1. The summed E-state index contributed by atoms with van der Waals surface area (Å²) in [5, 5.41) is 11.2. The van der Waals surface area contributed by atoms with Gasteiger partial charge in [-0.05, 0) is 33.7 Å². The Kier molecular flexibility index (Phi) is 2.71. The molecule has 0 saturated carbocycles. The maximum atomic E-state index is 11.4. The summed E-state index contributed by atoms with van der Waals surface area (Å²) >= 11 is 0. The summed E-state index contributed by atoms with van der Waals surface area (Å²) in [5.41, 5.74) is 10.8. The number of hydrogen-bond acceptors (Lipinski definition) is 2. The molecular formula is C17H13NO3. The Morgan fingerprint density at radius 2 is 1.52 bits per heavy atom. The van der Waals surface area contributed by atoms with E-state index in [0.29, 0.717) is 5.69 Å². The molecule has 4 heteroatoms. The number of carboxylic acid groups (broad SMARTS) is 1. The highest BCUT2D eigenvalue weighted by Crippen LogP contribution is 2.49. The van der Waals surface area contributed by atoms with Crippen molar-refractivity contribution in [2.24, 2.45) is 0 Å². The summed E-state index contributed by atoms with van der Waals surface area (Å²) in [6.45, 7) is 0. The molecule has 4 nitrogen and oxygen atoms in total. The summed E-state index contributed by atoms with van der Waals surface area (Å²) in [5.74, 6) is -0.990. The van der Waals surface area contributed by atoms with Gasteiger partial charge in [-0.25, -0.2) is 4.79 Å². The lowest BCUT2D eigenvalue weighted by Gasteiger charge is -2.09. The fourth-order valence-electron chi connectivity index (χ4n) is 3.07. The first-order chi connectivity index (χ1) is 9.68. The van der Waals surface area contributed by atoms with Gasteiger partial charge in [0.15, 0.2) is 0 Å². The van der Waals surface area contributed by atoms with Gasteiger partial charge in [0.2, 0.25) is 0 Å². The predicted octanol–water partition coefficient (Wildman–Crippen LogP) is 2.94. The molecule has 0 radical (unpaired) electrons. The quantitative estimate of drug-likeness (QED) is 0.524. The fourth-order valence-corrected chi connectivity index (χ4v) is 3.07. The van der Waals surface area contributed by atoms with Crippen molar-refractivity contribution in [1.82, 2.24) is 0 Å². The van der Waals surface area contributed by atoms with E-state index in [-0.39, 0.29) is 11.0 Å². The van der Waals surface area contributed by atoms with E-state index >= 15 is 0 Å². The van der Waals surface area contributed by atoms with Gasteiger partial charge < -0.3 is 16.3 Å². The second kappa shape index (κ2) is 4.33. The summed E-state index contributed by atoms with van der Waals surface area (Å²) in [4.78, 5) is 11.4. The van der Waals surface area contributed by atoms with Crippen LogP contribution in [0.15, 0.2) is 48.5 Å². The highest BCUT2D eigenvalue weighted by molar-refractivity contribution is 6.21. The molecule has 0 amide bonds. The van der Waals surface area contributed by atoms with Gasteiger partial charge in [-0.2, -0.15) is 0 Å². The van der Waals surface area contributed by atoms with Crippen LogP contribution in [0, 0.1) is 0 Å². The van der Waals surface area contributed by atoms with Gasteiger partial charge in [-0.3, -0.25) is 0 Å². The zero-order valence-electron chi connectivity index (χ0n) is 11.1. The summed E-state index contributed by atoms with van der Waals surface area (Å²) in [7, 11) is 0. The maximum absolute atomic E-state index is 11.4. The summed E-state index contributed by atoms with van der Waals surface area (Å²) in [6, 6.07) is 15.6. The third-order valence-electron chi connectivity index (χ3n) is 3.94. The second-order valence-corrected chi connectivity index (χ2v) is 4.96. The number of nitrogens with two attached hydrogens (primary N) is 1. The van der Waals surface area contributed by atoms with E-state index in [1.807, 2.05) is 30.3 Å². The van der Waals surface area contributed by atoms with Crippen LogP contribution in [0.5, 0.6) is 0 Å². The SMILES string of the molecule is Nc1c(C(=O)O)cc2c3c(cccc13)-c1ccccc1-2.O. The third-order valence-corrected chi connectivity index (χ3v) is 3.94. The molecule has 1 aliphatic carbocycles. The predicted molar refractivity (Wildman–Crippen MR) is 83.4 cm³/mol. The van der Waals surface area contributed by atoms with E-state index in [1.54, 1.807) is 6.07 Å². The number of anilines is 1. The molecule has 104 valence electrons. The highest BCUT2D eigenvalue weighted by atomic mass is 16.4. The number of rotatable bonds is 1. The van der Waals surface area contributed by atoms with Crippen LogP contribution in [-0.4, -0.2) is 16.6 Å². The fraction of sp³-hybridized carbons (Fsp3) is 0. The van der Waals surface area contributed by atoms with E-state index in [4.69, 9.17) is 5.73 Å².